The van der Waals surface area contributed by atoms with E-state index in [0.29, 0.717) is 22.9 Å². The van der Waals surface area contributed by atoms with Gasteiger partial charge in [-0.05, 0) is 24.3 Å². The zero-order valence-electron chi connectivity index (χ0n) is 16.3. The van der Waals surface area contributed by atoms with Crippen LogP contribution in [0.5, 0.6) is 17.2 Å². The van der Waals surface area contributed by atoms with Gasteiger partial charge in [-0.2, -0.15) is 4.98 Å². The number of phenols is 1. The van der Waals surface area contributed by atoms with Crippen LogP contribution in [0, 0.1) is 5.82 Å². The highest BCUT2D eigenvalue weighted by atomic mass is 19.1. The first kappa shape index (κ1) is 20.6. The summed E-state index contributed by atoms with van der Waals surface area (Å²) in [4.78, 5) is 19.4. The number of amides is 1. The molecule has 156 valence electrons. The van der Waals surface area contributed by atoms with Gasteiger partial charge in [0.1, 0.15) is 5.75 Å². The van der Waals surface area contributed by atoms with Gasteiger partial charge in [-0.25, -0.2) is 9.37 Å². The van der Waals surface area contributed by atoms with Crippen LogP contribution in [0.4, 0.5) is 27.5 Å². The van der Waals surface area contributed by atoms with Crippen LogP contribution in [0.3, 0.4) is 0 Å². The molecule has 3 rings (SSSR count). The minimum Gasteiger partial charge on any atom is -0.504 e. The molecule has 0 fully saturated rings. The average molecular weight is 413 g/mol. The van der Waals surface area contributed by atoms with Crippen LogP contribution in [0.1, 0.15) is 0 Å². The molecule has 0 atom stereocenters. The number of anilines is 4. The molecule has 0 bridgehead atoms. The van der Waals surface area contributed by atoms with Crippen molar-refractivity contribution < 1.29 is 23.8 Å². The first-order valence-electron chi connectivity index (χ1n) is 8.85. The molecule has 1 aromatic heterocycles. The van der Waals surface area contributed by atoms with Gasteiger partial charge in [-0.3, -0.25) is 4.79 Å². The number of likely N-dealkylation sites (N-methyl/N-ethyl adjacent to an activating group) is 1. The van der Waals surface area contributed by atoms with Crippen molar-refractivity contribution in [1.29, 1.82) is 0 Å². The lowest BCUT2D eigenvalue weighted by Crippen LogP contribution is -2.24. The molecule has 0 unspecified atom stereocenters. The van der Waals surface area contributed by atoms with E-state index in [9.17, 15) is 14.3 Å². The number of benzene rings is 2. The van der Waals surface area contributed by atoms with Gasteiger partial charge in [0.2, 0.25) is 5.95 Å². The molecule has 0 saturated carbocycles. The van der Waals surface area contributed by atoms with E-state index < -0.39 is 5.82 Å². The molecule has 30 heavy (non-hydrogen) atoms. The Morgan fingerprint density at radius 3 is 2.70 bits per heavy atom. The van der Waals surface area contributed by atoms with Gasteiger partial charge in [0, 0.05) is 30.6 Å². The van der Waals surface area contributed by atoms with E-state index in [1.165, 1.54) is 20.2 Å². The van der Waals surface area contributed by atoms with E-state index in [0.717, 1.165) is 6.20 Å². The first-order valence-corrected chi connectivity index (χ1v) is 8.85. The third-order valence-electron chi connectivity index (χ3n) is 3.92. The van der Waals surface area contributed by atoms with Crippen molar-refractivity contribution in [3.8, 4) is 17.2 Å². The van der Waals surface area contributed by atoms with Crippen LogP contribution in [-0.4, -0.2) is 41.7 Å². The Kier molecular flexibility index (Phi) is 6.48. The molecule has 0 aliphatic rings. The van der Waals surface area contributed by atoms with Gasteiger partial charge in [0.15, 0.2) is 29.7 Å². The molecule has 0 aliphatic heterocycles. The predicted molar refractivity (Wildman–Crippen MR) is 109 cm³/mol. The molecule has 1 amide bonds. The Balaban J connectivity index is 1.74. The number of aromatic hydroxyl groups is 1. The summed E-state index contributed by atoms with van der Waals surface area (Å²) in [5.41, 5.74) is 1.01. The van der Waals surface area contributed by atoms with Gasteiger partial charge in [0.05, 0.1) is 13.3 Å². The van der Waals surface area contributed by atoms with E-state index in [2.05, 4.69) is 25.9 Å². The number of ether oxygens (including phenoxy) is 2. The number of carbonyl (C=O) groups excluding carboxylic acids is 1. The molecule has 0 aliphatic carbocycles. The molecule has 9 nitrogen and oxygen atoms in total. The molecule has 0 radical (unpaired) electrons. The molecule has 0 saturated heterocycles. The molecule has 2 aromatic carbocycles. The lowest BCUT2D eigenvalue weighted by Gasteiger charge is -2.11. The van der Waals surface area contributed by atoms with Crippen molar-refractivity contribution >= 4 is 29.0 Å². The summed E-state index contributed by atoms with van der Waals surface area (Å²) < 4.78 is 24.5. The zero-order chi connectivity index (χ0) is 21.5. The van der Waals surface area contributed by atoms with Crippen molar-refractivity contribution in [3.05, 3.63) is 54.5 Å². The summed E-state index contributed by atoms with van der Waals surface area (Å²) in [6, 6.07) is 11.4. The highest BCUT2D eigenvalue weighted by Crippen LogP contribution is 2.30. The van der Waals surface area contributed by atoms with Crippen molar-refractivity contribution in [2.24, 2.45) is 0 Å². The van der Waals surface area contributed by atoms with Crippen LogP contribution in [0.15, 0.2) is 48.7 Å². The lowest BCUT2D eigenvalue weighted by atomic mass is 10.2. The van der Waals surface area contributed by atoms with Gasteiger partial charge in [0.25, 0.3) is 5.91 Å². The lowest BCUT2D eigenvalue weighted by molar-refractivity contribution is -0.122. The molecule has 4 N–H and O–H groups in total. The standard InChI is InChI=1S/C20H20FN5O4/c1-22-18(28)11-30-14-5-3-4-12(8-14)25-20-23-10-15(21)19(26-20)24-13-6-7-17(29-2)16(27)9-13/h3-10,27H,11H2,1-2H3,(H,22,28)(H2,23,24,25,26). The minimum absolute atomic E-state index is 0.0795. The largest absolute Gasteiger partial charge is 0.504 e. The fourth-order valence-corrected chi connectivity index (χ4v) is 2.43. The van der Waals surface area contributed by atoms with E-state index in [1.807, 2.05) is 0 Å². The molecular formula is C20H20FN5O4. The second-order valence-electron chi connectivity index (χ2n) is 6.02. The SMILES string of the molecule is CNC(=O)COc1cccc(Nc2ncc(F)c(Nc3ccc(OC)c(O)c3)n2)c1. The van der Waals surface area contributed by atoms with Crippen molar-refractivity contribution in [2.45, 2.75) is 0 Å². The van der Waals surface area contributed by atoms with Crippen LogP contribution in [0.2, 0.25) is 0 Å². The summed E-state index contributed by atoms with van der Waals surface area (Å²) in [5, 5.41) is 18.1. The van der Waals surface area contributed by atoms with E-state index in [4.69, 9.17) is 9.47 Å². The summed E-state index contributed by atoms with van der Waals surface area (Å²) >= 11 is 0. The zero-order valence-corrected chi connectivity index (χ0v) is 16.3. The van der Waals surface area contributed by atoms with Gasteiger partial charge in [-0.1, -0.05) is 6.07 Å². The number of phenolic OH excluding ortho intramolecular Hbond substituents is 1. The van der Waals surface area contributed by atoms with Gasteiger partial charge in [-0.15, -0.1) is 0 Å². The summed E-state index contributed by atoms with van der Waals surface area (Å²) in [5.74, 6) is -0.190. The van der Waals surface area contributed by atoms with Gasteiger partial charge >= 0.3 is 0 Å². The van der Waals surface area contributed by atoms with E-state index >= 15 is 0 Å². The maximum atomic E-state index is 14.2. The van der Waals surface area contributed by atoms with Crippen LogP contribution < -0.4 is 25.4 Å². The average Bonchev–Trinajstić information content (AvgIpc) is 2.75. The molecule has 3 aromatic rings. The Hall–Kier alpha value is -4.08. The number of aromatic nitrogens is 2. The second-order valence-corrected chi connectivity index (χ2v) is 6.02. The number of methoxy groups -OCH3 is 1. The number of hydrogen-bond donors (Lipinski definition) is 4. The Bertz CT molecular complexity index is 1050. The fourth-order valence-electron chi connectivity index (χ4n) is 2.43. The number of carbonyl (C=O) groups is 1. The van der Waals surface area contributed by atoms with Crippen LogP contribution in [-0.2, 0) is 4.79 Å². The van der Waals surface area contributed by atoms with E-state index in [-0.39, 0.29) is 30.0 Å². The highest BCUT2D eigenvalue weighted by Gasteiger charge is 2.10. The Morgan fingerprint density at radius 1 is 1.17 bits per heavy atom. The van der Waals surface area contributed by atoms with Crippen LogP contribution >= 0.6 is 0 Å². The maximum Gasteiger partial charge on any atom is 0.257 e. The van der Waals surface area contributed by atoms with E-state index in [1.54, 1.807) is 36.4 Å². The fraction of sp³-hybridized carbons (Fsp3) is 0.150. The van der Waals surface area contributed by atoms with Crippen molar-refractivity contribution in [3.63, 3.8) is 0 Å². The second kappa shape index (κ2) is 9.41. The normalized spacial score (nSPS) is 10.2. The van der Waals surface area contributed by atoms with Crippen LogP contribution in [0.25, 0.3) is 0 Å². The third kappa shape index (κ3) is 5.25. The molecule has 0 spiro atoms. The maximum absolute atomic E-state index is 14.2. The third-order valence-corrected chi connectivity index (χ3v) is 3.92. The summed E-state index contributed by atoms with van der Waals surface area (Å²) in [7, 11) is 2.96. The monoisotopic (exact) mass is 413 g/mol. The van der Waals surface area contributed by atoms with Crippen molar-refractivity contribution in [2.75, 3.05) is 31.4 Å². The van der Waals surface area contributed by atoms with Gasteiger partial charge < -0.3 is 30.5 Å². The molecule has 10 heteroatoms. The molecule has 1 heterocycles. The highest BCUT2D eigenvalue weighted by molar-refractivity contribution is 5.77. The number of rotatable bonds is 8. The minimum atomic E-state index is -0.668. The summed E-state index contributed by atoms with van der Waals surface area (Å²) in [6.07, 6.45) is 1.02. The molecular weight excluding hydrogens is 393 g/mol. The predicted octanol–water partition coefficient (Wildman–Crippen LogP) is 2.94. The number of nitrogens with zero attached hydrogens (tertiary/aromatic N) is 2. The topological polar surface area (TPSA) is 118 Å². The quantitative estimate of drug-likeness (QED) is 0.445. The van der Waals surface area contributed by atoms with Crippen molar-refractivity contribution in [1.82, 2.24) is 15.3 Å². The number of hydrogen-bond acceptors (Lipinski definition) is 8. The Morgan fingerprint density at radius 2 is 1.97 bits per heavy atom. The summed E-state index contributed by atoms with van der Waals surface area (Å²) in [6.45, 7) is -0.115. The first-order chi connectivity index (χ1) is 14.5. The number of halogens is 1. The number of nitrogens with one attached hydrogen (secondary N) is 3. The Labute approximate surface area is 171 Å². The smallest absolute Gasteiger partial charge is 0.257 e.